The van der Waals surface area contributed by atoms with Gasteiger partial charge in [-0.1, -0.05) is 47.5 Å². The van der Waals surface area contributed by atoms with E-state index in [1.807, 2.05) is 24.3 Å². The van der Waals surface area contributed by atoms with Gasteiger partial charge in [0.1, 0.15) is 5.15 Å². The Morgan fingerprint density at radius 1 is 1.05 bits per heavy atom. The number of rotatable bonds is 4. The molecule has 0 spiro atoms. The van der Waals surface area contributed by atoms with Crippen LogP contribution < -0.4 is 10.6 Å². The minimum atomic E-state index is -0.264. The molecule has 4 nitrogen and oxygen atoms in total. The third kappa shape index (κ3) is 4.40. The average molecular weight is 310 g/mol. The molecule has 1 aromatic heterocycles. The standard InChI is InChI=1S/C14H13Cl2N3O/c15-12-4-2-1-3-11(12)9-19-14(20)18-8-10-5-6-13(16)17-7-10/h1-7H,8-9H2,(H2,18,19,20). The SMILES string of the molecule is O=C(NCc1ccc(Cl)nc1)NCc1ccccc1Cl. The largest absolute Gasteiger partial charge is 0.334 e. The lowest BCUT2D eigenvalue weighted by molar-refractivity contribution is 0.240. The summed E-state index contributed by atoms with van der Waals surface area (Å²) < 4.78 is 0. The molecule has 0 fully saturated rings. The normalized spacial score (nSPS) is 10.1. The van der Waals surface area contributed by atoms with Crippen LogP contribution in [0.5, 0.6) is 0 Å². The van der Waals surface area contributed by atoms with E-state index in [0.717, 1.165) is 11.1 Å². The summed E-state index contributed by atoms with van der Waals surface area (Å²) in [6, 6.07) is 10.6. The Labute approximate surface area is 127 Å². The fourth-order valence-corrected chi connectivity index (χ4v) is 1.89. The van der Waals surface area contributed by atoms with Gasteiger partial charge in [0.25, 0.3) is 0 Å². The number of urea groups is 1. The predicted molar refractivity (Wildman–Crippen MR) is 79.8 cm³/mol. The van der Waals surface area contributed by atoms with Crippen LogP contribution in [-0.4, -0.2) is 11.0 Å². The van der Waals surface area contributed by atoms with Gasteiger partial charge in [0, 0.05) is 24.3 Å². The van der Waals surface area contributed by atoms with Crippen molar-refractivity contribution in [2.45, 2.75) is 13.1 Å². The number of halogens is 2. The van der Waals surface area contributed by atoms with E-state index < -0.39 is 0 Å². The molecule has 6 heteroatoms. The molecule has 2 aromatic rings. The van der Waals surface area contributed by atoms with Crippen LogP contribution in [0.2, 0.25) is 10.2 Å². The van der Waals surface area contributed by atoms with Crippen molar-refractivity contribution in [3.8, 4) is 0 Å². The van der Waals surface area contributed by atoms with Crippen LogP contribution in [-0.2, 0) is 13.1 Å². The Balaban J connectivity index is 1.78. The molecule has 0 aliphatic rings. The van der Waals surface area contributed by atoms with Crippen LogP contribution in [0.1, 0.15) is 11.1 Å². The quantitative estimate of drug-likeness (QED) is 0.851. The first kappa shape index (κ1) is 14.6. The monoisotopic (exact) mass is 309 g/mol. The first-order valence-electron chi connectivity index (χ1n) is 6.00. The van der Waals surface area contributed by atoms with Crippen molar-refractivity contribution in [1.29, 1.82) is 0 Å². The van der Waals surface area contributed by atoms with Gasteiger partial charge in [-0.05, 0) is 23.3 Å². The van der Waals surface area contributed by atoms with Gasteiger partial charge in [0.15, 0.2) is 0 Å². The fraction of sp³-hybridized carbons (Fsp3) is 0.143. The maximum atomic E-state index is 11.7. The van der Waals surface area contributed by atoms with Gasteiger partial charge in [-0.25, -0.2) is 9.78 Å². The average Bonchev–Trinajstić information content (AvgIpc) is 2.46. The third-order valence-electron chi connectivity index (χ3n) is 2.64. The molecule has 2 rings (SSSR count). The summed E-state index contributed by atoms with van der Waals surface area (Å²) in [6.07, 6.45) is 1.62. The van der Waals surface area contributed by atoms with E-state index in [1.165, 1.54) is 0 Å². The molecule has 20 heavy (non-hydrogen) atoms. The van der Waals surface area contributed by atoms with Gasteiger partial charge in [-0.3, -0.25) is 0 Å². The van der Waals surface area contributed by atoms with Crippen molar-refractivity contribution in [2.75, 3.05) is 0 Å². The van der Waals surface area contributed by atoms with E-state index in [0.29, 0.717) is 23.3 Å². The second-order valence-electron chi connectivity index (χ2n) is 4.12. The van der Waals surface area contributed by atoms with E-state index in [1.54, 1.807) is 18.3 Å². The minimum Gasteiger partial charge on any atom is -0.334 e. The first-order chi connectivity index (χ1) is 9.65. The van der Waals surface area contributed by atoms with E-state index in [2.05, 4.69) is 15.6 Å². The third-order valence-corrected chi connectivity index (χ3v) is 3.23. The Morgan fingerprint density at radius 3 is 2.50 bits per heavy atom. The molecule has 1 heterocycles. The Kier molecular flexibility index (Phi) is 5.21. The molecule has 0 unspecified atom stereocenters. The summed E-state index contributed by atoms with van der Waals surface area (Å²) in [6.45, 7) is 0.767. The topological polar surface area (TPSA) is 54.0 Å². The summed E-state index contributed by atoms with van der Waals surface area (Å²) in [5.74, 6) is 0. The number of amides is 2. The number of nitrogens with one attached hydrogen (secondary N) is 2. The van der Waals surface area contributed by atoms with Crippen molar-refractivity contribution in [1.82, 2.24) is 15.6 Å². The highest BCUT2D eigenvalue weighted by Crippen LogP contribution is 2.14. The number of nitrogens with zero attached hydrogens (tertiary/aromatic N) is 1. The lowest BCUT2D eigenvalue weighted by atomic mass is 10.2. The zero-order chi connectivity index (χ0) is 14.4. The Bertz CT molecular complexity index is 587. The van der Waals surface area contributed by atoms with E-state index >= 15 is 0 Å². The van der Waals surface area contributed by atoms with Crippen molar-refractivity contribution >= 4 is 29.2 Å². The fourth-order valence-electron chi connectivity index (χ4n) is 1.57. The van der Waals surface area contributed by atoms with Gasteiger partial charge >= 0.3 is 6.03 Å². The molecule has 0 atom stereocenters. The Hall–Kier alpha value is -1.78. The van der Waals surface area contributed by atoms with Crippen LogP contribution in [0.3, 0.4) is 0 Å². The van der Waals surface area contributed by atoms with E-state index in [9.17, 15) is 4.79 Å². The highest BCUT2D eigenvalue weighted by molar-refractivity contribution is 6.31. The Morgan fingerprint density at radius 2 is 1.80 bits per heavy atom. The highest BCUT2D eigenvalue weighted by Gasteiger charge is 2.03. The van der Waals surface area contributed by atoms with Gasteiger partial charge in [0.05, 0.1) is 0 Å². The first-order valence-corrected chi connectivity index (χ1v) is 6.76. The van der Waals surface area contributed by atoms with Crippen molar-refractivity contribution < 1.29 is 4.79 Å². The van der Waals surface area contributed by atoms with Crippen molar-refractivity contribution in [3.63, 3.8) is 0 Å². The number of aromatic nitrogens is 1. The lowest BCUT2D eigenvalue weighted by Gasteiger charge is -2.08. The summed E-state index contributed by atoms with van der Waals surface area (Å²) in [4.78, 5) is 15.6. The molecule has 0 aliphatic heterocycles. The number of pyridine rings is 1. The van der Waals surface area contributed by atoms with Crippen LogP contribution >= 0.6 is 23.2 Å². The highest BCUT2D eigenvalue weighted by atomic mass is 35.5. The summed E-state index contributed by atoms with van der Waals surface area (Å²) in [5, 5.41) is 6.53. The number of benzene rings is 1. The van der Waals surface area contributed by atoms with Gasteiger partial charge < -0.3 is 10.6 Å². The van der Waals surface area contributed by atoms with Crippen molar-refractivity contribution in [2.24, 2.45) is 0 Å². The lowest BCUT2D eigenvalue weighted by Crippen LogP contribution is -2.34. The summed E-state index contributed by atoms with van der Waals surface area (Å²) >= 11 is 11.7. The molecule has 0 saturated heterocycles. The summed E-state index contributed by atoms with van der Waals surface area (Å²) in [7, 11) is 0. The second-order valence-corrected chi connectivity index (χ2v) is 4.91. The zero-order valence-electron chi connectivity index (χ0n) is 10.6. The van der Waals surface area contributed by atoms with Crippen LogP contribution in [0.15, 0.2) is 42.6 Å². The number of carbonyl (C=O) groups excluding carboxylic acids is 1. The van der Waals surface area contributed by atoms with Crippen LogP contribution in [0.4, 0.5) is 4.79 Å². The smallest absolute Gasteiger partial charge is 0.315 e. The molecule has 0 saturated carbocycles. The molecular formula is C14H13Cl2N3O. The number of hydrogen-bond acceptors (Lipinski definition) is 2. The zero-order valence-corrected chi connectivity index (χ0v) is 12.1. The molecule has 1 aromatic carbocycles. The predicted octanol–water partition coefficient (Wildman–Crippen LogP) is 3.39. The van der Waals surface area contributed by atoms with E-state index in [-0.39, 0.29) is 6.03 Å². The summed E-state index contributed by atoms with van der Waals surface area (Å²) in [5.41, 5.74) is 1.75. The van der Waals surface area contributed by atoms with Gasteiger partial charge in [-0.2, -0.15) is 0 Å². The molecule has 104 valence electrons. The van der Waals surface area contributed by atoms with Gasteiger partial charge in [-0.15, -0.1) is 0 Å². The maximum absolute atomic E-state index is 11.7. The molecule has 2 amide bonds. The van der Waals surface area contributed by atoms with Crippen LogP contribution in [0.25, 0.3) is 0 Å². The second kappa shape index (κ2) is 7.12. The molecule has 0 radical (unpaired) electrons. The molecule has 2 N–H and O–H groups in total. The van der Waals surface area contributed by atoms with Gasteiger partial charge in [0.2, 0.25) is 0 Å². The van der Waals surface area contributed by atoms with Crippen LogP contribution in [0, 0.1) is 0 Å². The molecule has 0 aliphatic carbocycles. The number of hydrogen-bond donors (Lipinski definition) is 2. The molecule has 0 bridgehead atoms. The number of carbonyl (C=O) groups is 1. The van der Waals surface area contributed by atoms with Crippen molar-refractivity contribution in [3.05, 3.63) is 63.9 Å². The maximum Gasteiger partial charge on any atom is 0.315 e. The molecular weight excluding hydrogens is 297 g/mol. The minimum absolute atomic E-state index is 0.264. The van der Waals surface area contributed by atoms with E-state index in [4.69, 9.17) is 23.2 Å².